The van der Waals surface area contributed by atoms with Gasteiger partial charge in [0.25, 0.3) is 0 Å². The van der Waals surface area contributed by atoms with Crippen molar-refractivity contribution >= 4 is 11.8 Å². The average Bonchev–Trinajstić information content (AvgIpc) is 2.74. The van der Waals surface area contributed by atoms with Crippen molar-refractivity contribution in [3.05, 3.63) is 0 Å². The highest BCUT2D eigenvalue weighted by Gasteiger charge is 2.32. The van der Waals surface area contributed by atoms with Crippen molar-refractivity contribution in [3.63, 3.8) is 0 Å². The topological polar surface area (TPSA) is 61.4 Å². The fourth-order valence-electron chi connectivity index (χ4n) is 1.89. The van der Waals surface area contributed by atoms with E-state index in [1.165, 1.54) is 6.92 Å². The van der Waals surface area contributed by atoms with Crippen molar-refractivity contribution in [1.82, 2.24) is 15.5 Å². The third-order valence-electron chi connectivity index (χ3n) is 3.04. The molecule has 2 N–H and O–H groups in total. The summed E-state index contributed by atoms with van der Waals surface area (Å²) in [7, 11) is 1.86. The van der Waals surface area contributed by atoms with Crippen LogP contribution in [-0.4, -0.2) is 48.9 Å². The van der Waals surface area contributed by atoms with Crippen LogP contribution in [0.5, 0.6) is 0 Å². The molecule has 16 heavy (non-hydrogen) atoms. The molecule has 0 aromatic rings. The number of hydrogen-bond donors (Lipinski definition) is 2. The molecule has 5 nitrogen and oxygen atoms in total. The first-order valence-corrected chi connectivity index (χ1v) is 5.78. The third kappa shape index (κ3) is 3.20. The largest absolute Gasteiger partial charge is 0.353 e. The molecule has 0 aromatic heterocycles. The molecular weight excluding hydrogens is 206 g/mol. The van der Waals surface area contributed by atoms with Crippen LogP contribution in [0, 0.1) is 0 Å². The molecule has 0 bridgehead atoms. The van der Waals surface area contributed by atoms with E-state index in [0.717, 1.165) is 12.8 Å². The number of likely N-dealkylation sites (N-methyl/N-ethyl adjacent to an activating group) is 1. The van der Waals surface area contributed by atoms with E-state index in [9.17, 15) is 9.59 Å². The molecule has 1 aliphatic heterocycles. The van der Waals surface area contributed by atoms with Crippen molar-refractivity contribution in [2.45, 2.75) is 38.8 Å². The van der Waals surface area contributed by atoms with Crippen LogP contribution in [0.25, 0.3) is 0 Å². The Balaban J connectivity index is 2.44. The van der Waals surface area contributed by atoms with Gasteiger partial charge in [-0.25, -0.2) is 0 Å². The maximum absolute atomic E-state index is 11.8. The van der Waals surface area contributed by atoms with Crippen LogP contribution >= 0.6 is 0 Å². The molecule has 1 heterocycles. The van der Waals surface area contributed by atoms with E-state index in [1.54, 1.807) is 4.90 Å². The van der Waals surface area contributed by atoms with Gasteiger partial charge < -0.3 is 15.5 Å². The van der Waals surface area contributed by atoms with Crippen LogP contribution in [0.1, 0.15) is 26.7 Å². The number of rotatable bonds is 4. The Labute approximate surface area is 96.6 Å². The summed E-state index contributed by atoms with van der Waals surface area (Å²) in [5.41, 5.74) is 0. The number of amides is 2. The van der Waals surface area contributed by atoms with Gasteiger partial charge in [-0.1, -0.05) is 0 Å². The van der Waals surface area contributed by atoms with Gasteiger partial charge in [0.2, 0.25) is 11.8 Å². The Morgan fingerprint density at radius 1 is 1.50 bits per heavy atom. The lowest BCUT2D eigenvalue weighted by Crippen LogP contribution is -2.47. The molecule has 1 rings (SSSR count). The zero-order valence-corrected chi connectivity index (χ0v) is 10.2. The van der Waals surface area contributed by atoms with Crippen molar-refractivity contribution in [2.24, 2.45) is 0 Å². The predicted molar refractivity (Wildman–Crippen MR) is 61.9 cm³/mol. The normalized spacial score (nSPS) is 21.9. The summed E-state index contributed by atoms with van der Waals surface area (Å²) in [5, 5.41) is 5.91. The molecule has 1 fully saturated rings. The Morgan fingerprint density at radius 3 is 2.75 bits per heavy atom. The van der Waals surface area contributed by atoms with E-state index in [-0.39, 0.29) is 23.9 Å². The van der Waals surface area contributed by atoms with Gasteiger partial charge in [-0.2, -0.15) is 0 Å². The lowest BCUT2D eigenvalue weighted by atomic mass is 10.2. The van der Waals surface area contributed by atoms with E-state index < -0.39 is 0 Å². The van der Waals surface area contributed by atoms with Gasteiger partial charge in [0, 0.05) is 26.1 Å². The minimum Gasteiger partial charge on any atom is -0.353 e. The molecule has 2 unspecified atom stereocenters. The van der Waals surface area contributed by atoms with E-state index in [2.05, 4.69) is 10.6 Å². The molecule has 0 spiro atoms. The van der Waals surface area contributed by atoms with Crippen LogP contribution in [0.3, 0.4) is 0 Å². The highest BCUT2D eigenvalue weighted by atomic mass is 16.2. The van der Waals surface area contributed by atoms with Crippen molar-refractivity contribution in [1.29, 1.82) is 0 Å². The molecule has 1 saturated heterocycles. The Kier molecular flexibility index (Phi) is 4.73. The Bertz CT molecular complexity index is 268. The Hall–Kier alpha value is -1.10. The quantitative estimate of drug-likeness (QED) is 0.694. The highest BCUT2D eigenvalue weighted by molar-refractivity contribution is 5.87. The predicted octanol–water partition coefficient (Wildman–Crippen LogP) is -0.279. The SMILES string of the molecule is CNC(C)CNC(=O)C1CCCN1C(C)=O. The molecule has 0 saturated carbocycles. The van der Waals surface area contributed by atoms with Crippen molar-refractivity contribution < 1.29 is 9.59 Å². The lowest BCUT2D eigenvalue weighted by molar-refractivity contribution is -0.136. The van der Waals surface area contributed by atoms with Crippen LogP contribution in [0.4, 0.5) is 0 Å². The maximum atomic E-state index is 11.8. The molecule has 92 valence electrons. The lowest BCUT2D eigenvalue weighted by Gasteiger charge is -2.23. The van der Waals surface area contributed by atoms with Crippen LogP contribution < -0.4 is 10.6 Å². The summed E-state index contributed by atoms with van der Waals surface area (Å²) >= 11 is 0. The summed E-state index contributed by atoms with van der Waals surface area (Å²) in [6.07, 6.45) is 1.69. The average molecular weight is 227 g/mol. The first-order valence-electron chi connectivity index (χ1n) is 5.78. The van der Waals surface area contributed by atoms with E-state index in [4.69, 9.17) is 0 Å². The minimum absolute atomic E-state index is 0.0145. The summed E-state index contributed by atoms with van der Waals surface area (Å²) in [4.78, 5) is 24.8. The minimum atomic E-state index is -0.262. The van der Waals surface area contributed by atoms with Crippen LogP contribution in [0.15, 0.2) is 0 Å². The summed E-state index contributed by atoms with van der Waals surface area (Å²) in [6.45, 7) is 4.81. The number of likely N-dealkylation sites (tertiary alicyclic amines) is 1. The van der Waals surface area contributed by atoms with Gasteiger partial charge in [-0.15, -0.1) is 0 Å². The van der Waals surface area contributed by atoms with Gasteiger partial charge in [-0.05, 0) is 26.8 Å². The second-order valence-electron chi connectivity index (χ2n) is 4.31. The monoisotopic (exact) mass is 227 g/mol. The smallest absolute Gasteiger partial charge is 0.242 e. The van der Waals surface area contributed by atoms with Gasteiger partial charge >= 0.3 is 0 Å². The molecular formula is C11H21N3O2. The molecule has 2 amide bonds. The second-order valence-corrected chi connectivity index (χ2v) is 4.31. The molecule has 0 radical (unpaired) electrons. The maximum Gasteiger partial charge on any atom is 0.242 e. The van der Waals surface area contributed by atoms with Crippen molar-refractivity contribution in [2.75, 3.05) is 20.1 Å². The number of nitrogens with zero attached hydrogens (tertiary/aromatic N) is 1. The fourth-order valence-corrected chi connectivity index (χ4v) is 1.89. The van der Waals surface area contributed by atoms with Gasteiger partial charge in [0.15, 0.2) is 0 Å². The number of carbonyl (C=O) groups excluding carboxylic acids is 2. The summed E-state index contributed by atoms with van der Waals surface area (Å²) in [6, 6.07) is -0.0160. The molecule has 2 atom stereocenters. The first-order chi connectivity index (χ1) is 7.56. The van der Waals surface area contributed by atoms with Crippen molar-refractivity contribution in [3.8, 4) is 0 Å². The molecule has 0 aliphatic carbocycles. The van der Waals surface area contributed by atoms with E-state index in [1.807, 2.05) is 14.0 Å². The molecule has 0 aromatic carbocycles. The number of hydrogen-bond acceptors (Lipinski definition) is 3. The fraction of sp³-hybridized carbons (Fsp3) is 0.818. The van der Waals surface area contributed by atoms with Gasteiger partial charge in [0.1, 0.15) is 6.04 Å². The summed E-state index contributed by atoms with van der Waals surface area (Å²) in [5.74, 6) is -0.0471. The van der Waals surface area contributed by atoms with Gasteiger partial charge in [-0.3, -0.25) is 9.59 Å². The first kappa shape index (κ1) is 13.0. The summed E-state index contributed by atoms with van der Waals surface area (Å²) < 4.78 is 0. The zero-order chi connectivity index (χ0) is 12.1. The highest BCUT2D eigenvalue weighted by Crippen LogP contribution is 2.17. The zero-order valence-electron chi connectivity index (χ0n) is 10.2. The Morgan fingerprint density at radius 2 is 2.19 bits per heavy atom. The molecule has 5 heteroatoms. The van der Waals surface area contributed by atoms with Gasteiger partial charge in [0.05, 0.1) is 0 Å². The van der Waals surface area contributed by atoms with Crippen LogP contribution in [-0.2, 0) is 9.59 Å². The van der Waals surface area contributed by atoms with E-state index >= 15 is 0 Å². The molecule has 1 aliphatic rings. The second kappa shape index (κ2) is 5.84. The number of nitrogens with one attached hydrogen (secondary N) is 2. The third-order valence-corrected chi connectivity index (χ3v) is 3.04. The van der Waals surface area contributed by atoms with Crippen LogP contribution in [0.2, 0.25) is 0 Å². The standard InChI is InChI=1S/C11H21N3O2/c1-8(12-3)7-13-11(16)10-5-4-6-14(10)9(2)15/h8,10,12H,4-7H2,1-3H3,(H,13,16). The number of carbonyl (C=O) groups is 2. The van der Waals surface area contributed by atoms with E-state index in [0.29, 0.717) is 13.1 Å².